The molecule has 3 aromatic rings. The van der Waals surface area contributed by atoms with Gasteiger partial charge in [0.2, 0.25) is 0 Å². The maximum Gasteiger partial charge on any atom is 0.573 e. The summed E-state index contributed by atoms with van der Waals surface area (Å²) in [5.41, 5.74) is 4.47. The van der Waals surface area contributed by atoms with Gasteiger partial charge in [0.05, 0.1) is 16.1 Å². The zero-order valence-corrected chi connectivity index (χ0v) is 16.4. The van der Waals surface area contributed by atoms with Gasteiger partial charge in [-0.3, -0.25) is 0 Å². The molecule has 6 nitrogen and oxygen atoms in total. The molecular formula is C18H18ClF6N5O. The van der Waals surface area contributed by atoms with Gasteiger partial charge in [-0.15, -0.1) is 18.3 Å². The number of fused-ring (bicyclic) bond motifs is 1. The molecule has 2 N–H and O–H groups in total. The first-order valence-electron chi connectivity index (χ1n) is 8.38. The maximum atomic E-state index is 13.6. The van der Waals surface area contributed by atoms with E-state index in [1.165, 1.54) is 6.92 Å². The zero-order valence-electron chi connectivity index (χ0n) is 15.7. The Labute approximate surface area is 178 Å². The summed E-state index contributed by atoms with van der Waals surface area (Å²) in [6, 6.07) is 1.87. The van der Waals surface area contributed by atoms with Crippen molar-refractivity contribution in [3.63, 3.8) is 0 Å². The van der Waals surface area contributed by atoms with E-state index in [0.717, 1.165) is 16.8 Å². The lowest BCUT2D eigenvalue weighted by Crippen LogP contribution is -2.17. The van der Waals surface area contributed by atoms with Crippen LogP contribution < -0.4 is 10.5 Å². The molecule has 0 radical (unpaired) electrons. The van der Waals surface area contributed by atoms with Crippen LogP contribution in [0.15, 0.2) is 12.1 Å². The van der Waals surface area contributed by atoms with E-state index >= 15 is 0 Å². The normalized spacial score (nSPS) is 12.4. The Hall–Kier alpha value is -2.76. The third kappa shape index (κ3) is 4.78. The van der Waals surface area contributed by atoms with Gasteiger partial charge in [0.25, 0.3) is 0 Å². The lowest BCUT2D eigenvalue weighted by atomic mass is 10.1. The van der Waals surface area contributed by atoms with Crippen LogP contribution >= 0.6 is 11.6 Å². The number of benzene rings is 1. The molecule has 0 saturated carbocycles. The molecular weight excluding hydrogens is 452 g/mol. The Morgan fingerprint density at radius 3 is 2.19 bits per heavy atom. The molecule has 2 aromatic heterocycles. The number of ether oxygens (including phenoxy) is 1. The van der Waals surface area contributed by atoms with Crippen molar-refractivity contribution >= 4 is 28.5 Å². The molecule has 0 amide bonds. The van der Waals surface area contributed by atoms with E-state index in [-0.39, 0.29) is 35.2 Å². The second-order valence-electron chi connectivity index (χ2n) is 6.70. The number of rotatable bonds is 3. The van der Waals surface area contributed by atoms with E-state index in [9.17, 15) is 26.3 Å². The van der Waals surface area contributed by atoms with Crippen LogP contribution in [0, 0.1) is 6.92 Å². The van der Waals surface area contributed by atoms with Crippen molar-refractivity contribution < 1.29 is 31.1 Å². The molecule has 0 bridgehead atoms. The number of hydrogen-bond acceptors (Lipinski definition) is 5. The van der Waals surface area contributed by atoms with Crippen LogP contribution in [0.4, 0.5) is 32.2 Å². The molecule has 1 aromatic carbocycles. The van der Waals surface area contributed by atoms with Gasteiger partial charge in [-0.05, 0) is 18.6 Å². The highest BCUT2D eigenvalue weighted by molar-refractivity contribution is 6.32. The summed E-state index contributed by atoms with van der Waals surface area (Å²) in [6.45, 7) is 4.61. The number of aryl methyl sites for hydroxylation is 1. The second kappa shape index (κ2) is 8.06. The topological polar surface area (TPSA) is 78.8 Å². The molecule has 0 saturated heterocycles. The van der Waals surface area contributed by atoms with Gasteiger partial charge in [0, 0.05) is 12.0 Å². The Balaban J connectivity index is 0.00000341. The molecule has 0 spiro atoms. The average molecular weight is 470 g/mol. The lowest BCUT2D eigenvalue weighted by molar-refractivity contribution is -0.274. The van der Waals surface area contributed by atoms with Crippen LogP contribution in [0.5, 0.6) is 5.75 Å². The van der Waals surface area contributed by atoms with E-state index in [4.69, 9.17) is 17.3 Å². The summed E-state index contributed by atoms with van der Waals surface area (Å²) >= 11 is 6.09. The predicted molar refractivity (Wildman–Crippen MR) is 103 cm³/mol. The summed E-state index contributed by atoms with van der Waals surface area (Å²) in [7, 11) is 0. The van der Waals surface area contributed by atoms with Crippen LogP contribution in [0.25, 0.3) is 16.7 Å². The highest BCUT2D eigenvalue weighted by atomic mass is 35.5. The smallest absolute Gasteiger partial charge is 0.406 e. The number of nitrogens with zero attached hydrogens (tertiary/aromatic N) is 4. The molecule has 0 atom stereocenters. The monoisotopic (exact) mass is 469 g/mol. The Morgan fingerprint density at radius 2 is 1.71 bits per heavy atom. The average Bonchev–Trinajstić information content (AvgIpc) is 2.87. The van der Waals surface area contributed by atoms with Crippen LogP contribution in [0.1, 0.15) is 44.3 Å². The number of hydrogen-bond donors (Lipinski definition) is 1. The molecule has 13 heteroatoms. The van der Waals surface area contributed by atoms with E-state index in [1.807, 2.05) is 0 Å². The van der Waals surface area contributed by atoms with Gasteiger partial charge < -0.3 is 10.5 Å². The van der Waals surface area contributed by atoms with Crippen molar-refractivity contribution in [1.29, 1.82) is 0 Å². The molecule has 0 aliphatic heterocycles. The van der Waals surface area contributed by atoms with E-state index in [1.54, 1.807) is 13.8 Å². The van der Waals surface area contributed by atoms with E-state index in [0.29, 0.717) is 0 Å². The highest BCUT2D eigenvalue weighted by Gasteiger charge is 2.38. The summed E-state index contributed by atoms with van der Waals surface area (Å²) in [4.78, 5) is 7.63. The highest BCUT2D eigenvalue weighted by Crippen LogP contribution is 2.39. The summed E-state index contributed by atoms with van der Waals surface area (Å²) in [5, 5.41) is 3.22. The largest absolute Gasteiger partial charge is 0.573 e. The van der Waals surface area contributed by atoms with Gasteiger partial charge >= 0.3 is 12.5 Å². The van der Waals surface area contributed by atoms with Gasteiger partial charge in [-0.1, -0.05) is 32.9 Å². The fourth-order valence-electron chi connectivity index (χ4n) is 2.83. The number of anilines is 1. The molecule has 0 fully saturated rings. The third-order valence-corrected chi connectivity index (χ3v) is 4.33. The van der Waals surface area contributed by atoms with Crippen molar-refractivity contribution in [3.8, 4) is 11.4 Å². The van der Waals surface area contributed by atoms with Crippen LogP contribution in [0.2, 0.25) is 5.02 Å². The SMILES string of the molecule is C.Cc1cc(OC(F)(F)F)cc(Cl)c1-n1nc2nc(C(C)C)nc(C(F)(F)F)c2c1N. The Bertz CT molecular complexity index is 1100. The Morgan fingerprint density at radius 1 is 1.10 bits per heavy atom. The maximum absolute atomic E-state index is 13.6. The molecule has 0 aliphatic rings. The first kappa shape index (κ1) is 24.5. The quantitative estimate of drug-likeness (QED) is 0.473. The fourth-order valence-corrected chi connectivity index (χ4v) is 3.16. The second-order valence-corrected chi connectivity index (χ2v) is 7.10. The fraction of sp³-hybridized carbons (Fsp3) is 0.389. The summed E-state index contributed by atoms with van der Waals surface area (Å²) in [5.74, 6) is -1.56. The first-order chi connectivity index (χ1) is 13.7. The molecule has 0 aliphatic carbocycles. The minimum atomic E-state index is -4.94. The van der Waals surface area contributed by atoms with Crippen LogP contribution in [0.3, 0.4) is 0 Å². The molecule has 2 heterocycles. The predicted octanol–water partition coefficient (Wildman–Crippen LogP) is 6.04. The van der Waals surface area contributed by atoms with Crippen molar-refractivity contribution in [2.24, 2.45) is 0 Å². The minimum Gasteiger partial charge on any atom is -0.406 e. The standard InChI is InChI=1S/C17H14ClF6N5O.CH4/c1-6(2)14-26-12(16(19,20)21)10-13(25)29(28-15(10)27-14)11-7(3)4-8(5-9(11)18)30-17(22,23)24;/h4-6H,25H2,1-3H3;1H4. The Kier molecular flexibility index (Phi) is 6.37. The van der Waals surface area contributed by atoms with E-state index < -0.39 is 41.1 Å². The van der Waals surface area contributed by atoms with Crippen molar-refractivity contribution in [2.75, 3.05) is 5.73 Å². The van der Waals surface area contributed by atoms with Gasteiger partial charge in [-0.2, -0.15) is 13.2 Å². The van der Waals surface area contributed by atoms with Gasteiger partial charge in [-0.25, -0.2) is 14.6 Å². The number of nitrogens with two attached hydrogens (primary N) is 1. The summed E-state index contributed by atoms with van der Waals surface area (Å²) < 4.78 is 82.9. The van der Waals surface area contributed by atoms with Crippen molar-refractivity contribution in [3.05, 3.63) is 34.2 Å². The number of halogens is 7. The number of nitrogen functional groups attached to an aromatic ring is 1. The third-order valence-electron chi connectivity index (χ3n) is 4.04. The number of alkyl halides is 6. The number of aromatic nitrogens is 4. The molecule has 0 unspecified atom stereocenters. The molecule has 170 valence electrons. The van der Waals surface area contributed by atoms with Crippen LogP contribution in [-0.2, 0) is 6.18 Å². The molecule has 31 heavy (non-hydrogen) atoms. The van der Waals surface area contributed by atoms with Crippen molar-refractivity contribution in [1.82, 2.24) is 19.7 Å². The van der Waals surface area contributed by atoms with Crippen molar-refractivity contribution in [2.45, 2.75) is 46.7 Å². The lowest BCUT2D eigenvalue weighted by Gasteiger charge is -2.14. The van der Waals surface area contributed by atoms with Crippen LogP contribution in [-0.4, -0.2) is 26.1 Å². The first-order valence-corrected chi connectivity index (χ1v) is 8.76. The molecule has 3 rings (SSSR count). The minimum absolute atomic E-state index is 0. The van der Waals surface area contributed by atoms with Gasteiger partial charge in [0.15, 0.2) is 11.3 Å². The summed E-state index contributed by atoms with van der Waals surface area (Å²) in [6.07, 6.45) is -9.78. The van der Waals surface area contributed by atoms with E-state index in [2.05, 4.69) is 19.8 Å². The van der Waals surface area contributed by atoms with Gasteiger partial charge in [0.1, 0.15) is 17.4 Å². The zero-order chi connectivity index (χ0) is 22.6.